The number of aromatic nitrogens is 3. The van der Waals surface area contributed by atoms with Gasteiger partial charge in [-0.1, -0.05) is 118 Å². The van der Waals surface area contributed by atoms with Crippen LogP contribution in [0.5, 0.6) is 0 Å². The van der Waals surface area contributed by atoms with Crippen LogP contribution in [0.4, 0.5) is 4.39 Å². The second-order valence-electron chi connectivity index (χ2n) is 15.0. The van der Waals surface area contributed by atoms with Crippen LogP contribution in [-0.4, -0.2) is 23.0 Å². The van der Waals surface area contributed by atoms with Crippen LogP contribution < -0.4 is 5.19 Å². The van der Waals surface area contributed by atoms with Crippen LogP contribution in [0, 0.1) is 24.9 Å². The summed E-state index contributed by atoms with van der Waals surface area (Å²) in [6.07, 6.45) is 4.68. The molecule has 0 aliphatic heterocycles. The molecule has 4 aromatic carbocycles. The van der Waals surface area contributed by atoms with E-state index in [2.05, 4.69) is 128 Å². The van der Waals surface area contributed by atoms with Crippen molar-refractivity contribution in [2.45, 2.75) is 52.2 Å². The summed E-state index contributed by atoms with van der Waals surface area (Å²) in [4.78, 5) is 14.2. The number of hydrogen-bond donors (Lipinski definition) is 0. The van der Waals surface area contributed by atoms with Crippen molar-refractivity contribution in [1.82, 2.24) is 15.0 Å². The second-order valence-corrected chi connectivity index (χ2v) is 20.1. The largest absolute Gasteiger partial charge is 0.500 e. The van der Waals surface area contributed by atoms with E-state index in [-0.39, 0.29) is 31.3 Å². The molecule has 0 spiro atoms. The van der Waals surface area contributed by atoms with Gasteiger partial charge in [-0.2, -0.15) is 0 Å². The monoisotopic (exact) mass is 904 g/mol. The summed E-state index contributed by atoms with van der Waals surface area (Å²) in [5.74, 6) is -0.271. The maximum Gasteiger partial charge on any atom is 0.124 e. The van der Waals surface area contributed by atoms with Crippen LogP contribution in [0.3, 0.4) is 0 Å². The average Bonchev–Trinajstić information content (AvgIpc) is 3.53. The average molecular weight is 904 g/mol. The maximum absolute atomic E-state index is 12.8. The minimum atomic E-state index is -1.30. The van der Waals surface area contributed by atoms with Crippen molar-refractivity contribution in [3.63, 3.8) is 0 Å². The van der Waals surface area contributed by atoms with Crippen LogP contribution in [-0.2, 0) is 31.9 Å². The molecule has 8 rings (SSSR count). The Balaban J connectivity index is 0.000000233. The Morgan fingerprint density at radius 1 is 0.722 bits per heavy atom. The molecule has 0 aliphatic rings. The molecule has 8 aromatic rings. The molecule has 4 nitrogen and oxygen atoms in total. The van der Waals surface area contributed by atoms with Gasteiger partial charge < -0.3 is 14.4 Å². The molecule has 273 valence electrons. The molecule has 7 heteroatoms. The van der Waals surface area contributed by atoms with E-state index >= 15 is 0 Å². The molecule has 0 saturated carbocycles. The molecule has 54 heavy (non-hydrogen) atoms. The fourth-order valence-corrected chi connectivity index (χ4v) is 7.61. The number of fused-ring (bicyclic) bond motifs is 3. The van der Waals surface area contributed by atoms with Gasteiger partial charge in [0.15, 0.2) is 0 Å². The van der Waals surface area contributed by atoms with Crippen molar-refractivity contribution in [1.29, 1.82) is 0 Å². The number of hydrogen-bond acceptors (Lipinski definition) is 4. The first-order valence-corrected chi connectivity index (χ1v) is 21.4. The van der Waals surface area contributed by atoms with E-state index in [9.17, 15) is 4.39 Å². The number of benzene rings is 4. The van der Waals surface area contributed by atoms with Gasteiger partial charge in [-0.15, -0.1) is 53.6 Å². The van der Waals surface area contributed by atoms with Gasteiger partial charge in [0.05, 0.1) is 19.4 Å². The minimum absolute atomic E-state index is 0. The third-order valence-corrected chi connectivity index (χ3v) is 11.7. The van der Waals surface area contributed by atoms with E-state index in [1.807, 2.05) is 49.6 Å². The Morgan fingerprint density at radius 2 is 1.44 bits per heavy atom. The van der Waals surface area contributed by atoms with Gasteiger partial charge in [-0.05, 0) is 52.7 Å². The first-order valence-electron chi connectivity index (χ1n) is 17.9. The van der Waals surface area contributed by atoms with Crippen molar-refractivity contribution >= 4 is 35.2 Å². The van der Waals surface area contributed by atoms with E-state index in [1.54, 1.807) is 6.07 Å². The zero-order valence-electron chi connectivity index (χ0n) is 31.4. The molecule has 0 amide bonds. The van der Waals surface area contributed by atoms with Gasteiger partial charge >= 0.3 is 0 Å². The number of aryl methyl sites for hydroxylation is 1. The second kappa shape index (κ2) is 16.1. The summed E-state index contributed by atoms with van der Waals surface area (Å²) in [6.45, 7) is 13.3. The van der Waals surface area contributed by atoms with Crippen molar-refractivity contribution in [3.05, 3.63) is 180 Å². The third kappa shape index (κ3) is 8.50. The number of halogens is 1. The first-order chi connectivity index (χ1) is 25.5. The van der Waals surface area contributed by atoms with Gasteiger partial charge in [0.25, 0.3) is 0 Å². The summed E-state index contributed by atoms with van der Waals surface area (Å²) in [7, 11) is -1.30. The Bertz CT molecular complexity index is 2490. The smallest absolute Gasteiger partial charge is 0.124 e. The van der Waals surface area contributed by atoms with Crippen molar-refractivity contribution in [2.24, 2.45) is 0 Å². The molecule has 0 aliphatic carbocycles. The Labute approximate surface area is 331 Å². The zero-order chi connectivity index (χ0) is 37.2. The van der Waals surface area contributed by atoms with E-state index in [0.29, 0.717) is 0 Å². The van der Waals surface area contributed by atoms with Gasteiger partial charge in [-0.25, -0.2) is 0 Å². The number of nitrogens with zero attached hydrogens (tertiary/aromatic N) is 3. The molecule has 0 N–H and O–H groups in total. The topological polar surface area (TPSA) is 51.8 Å². The molecule has 0 saturated heterocycles. The third-order valence-electron chi connectivity index (χ3n) is 9.63. The number of rotatable bonds is 7. The van der Waals surface area contributed by atoms with Crippen molar-refractivity contribution in [2.75, 3.05) is 0 Å². The van der Waals surface area contributed by atoms with E-state index in [4.69, 9.17) is 9.40 Å². The zero-order valence-corrected chi connectivity index (χ0v) is 34.8. The standard InChI is InChI=1S/C33H27N2O.C14H15FNSi.Ir/c1-22-18-30-31(32(35-22)33(2,3)26-12-8-5-9-13-26)27-21-25(14-15-29(27)36-30)28-20-24(16-17-34-28)19-23-10-6-4-7-11-23;1-17(2,3)13-8-9-14(16-10-13)11-4-6-12(15)7-5-11;/h4-13,15-18,20-21H,19H2,1-3H3;4,6-10H,1-3H3;/q2*-1;. The fraction of sp³-hybridized carbons (Fsp3) is 0.170. The predicted molar refractivity (Wildman–Crippen MR) is 218 cm³/mol. The van der Waals surface area contributed by atoms with Crippen LogP contribution >= 0.6 is 0 Å². The van der Waals surface area contributed by atoms with Crippen molar-refractivity contribution < 1.29 is 28.9 Å². The van der Waals surface area contributed by atoms with Crippen LogP contribution in [0.1, 0.15) is 41.9 Å². The molecule has 4 heterocycles. The van der Waals surface area contributed by atoms with Gasteiger partial charge in [-0.3, -0.25) is 9.37 Å². The van der Waals surface area contributed by atoms with Crippen LogP contribution in [0.25, 0.3) is 44.5 Å². The molecule has 0 unspecified atom stereocenters. The van der Waals surface area contributed by atoms with Gasteiger partial charge in [0, 0.05) is 60.9 Å². The normalized spacial score (nSPS) is 11.5. The Morgan fingerprint density at radius 3 is 2.11 bits per heavy atom. The van der Waals surface area contributed by atoms with E-state index in [0.717, 1.165) is 62.3 Å². The first kappa shape index (κ1) is 38.6. The Hall–Kier alpha value is -5.07. The summed E-state index contributed by atoms with van der Waals surface area (Å²) in [5.41, 5.74) is 10.6. The van der Waals surface area contributed by atoms with E-state index < -0.39 is 8.07 Å². The molecule has 4 aromatic heterocycles. The molecule has 0 atom stereocenters. The van der Waals surface area contributed by atoms with Crippen LogP contribution in [0.2, 0.25) is 19.6 Å². The molecule has 1 radical (unpaired) electrons. The molecular weight excluding hydrogens is 862 g/mol. The summed E-state index contributed by atoms with van der Waals surface area (Å²) < 4.78 is 19.1. The van der Waals surface area contributed by atoms with Gasteiger partial charge in [0.1, 0.15) is 5.58 Å². The van der Waals surface area contributed by atoms with E-state index in [1.165, 1.54) is 34.0 Å². The summed E-state index contributed by atoms with van der Waals surface area (Å²) >= 11 is 0. The molecular formula is C47H42FIrN3OSi-2. The minimum Gasteiger partial charge on any atom is -0.500 e. The SMILES string of the molecule is C[Si](C)(C)c1ccc(-c2[c-]cc(F)cc2)nc1.Cc1cc2oc3c[c-]c(-c4cc(Cc5ccccc5)ccn4)cc3c2c(C(C)(C)c2ccccc2)n1.[Ir]. The maximum atomic E-state index is 12.8. The van der Waals surface area contributed by atoms with Gasteiger partial charge in [0.2, 0.25) is 0 Å². The number of furan rings is 1. The summed E-state index contributed by atoms with van der Waals surface area (Å²) in [5, 5.41) is 3.42. The number of pyridine rings is 3. The fourth-order valence-electron chi connectivity index (χ4n) is 6.58. The predicted octanol–water partition coefficient (Wildman–Crippen LogP) is 11.3. The van der Waals surface area contributed by atoms with Crippen molar-refractivity contribution in [3.8, 4) is 22.5 Å². The molecule has 0 bridgehead atoms. The Kier molecular flexibility index (Phi) is 11.5. The quantitative estimate of drug-likeness (QED) is 0.118. The van der Waals surface area contributed by atoms with Crippen LogP contribution in [0.15, 0.2) is 138 Å². The molecule has 0 fully saturated rings. The summed E-state index contributed by atoms with van der Waals surface area (Å²) in [6, 6.07) is 46.3.